The van der Waals surface area contributed by atoms with Crippen LogP contribution in [0.1, 0.15) is 43.4 Å². The Morgan fingerprint density at radius 1 is 1.16 bits per heavy atom. The quantitative estimate of drug-likeness (QED) is 0.832. The highest BCUT2D eigenvalue weighted by atomic mass is 16.5. The van der Waals surface area contributed by atoms with Crippen molar-refractivity contribution in [1.82, 2.24) is 20.0 Å². The fraction of sp³-hybridized carbons (Fsp3) is 0.789. The van der Waals surface area contributed by atoms with E-state index >= 15 is 0 Å². The molecule has 1 unspecified atom stereocenters. The van der Waals surface area contributed by atoms with Gasteiger partial charge in [-0.3, -0.25) is 9.69 Å². The van der Waals surface area contributed by atoms with Crippen LogP contribution >= 0.6 is 0 Å². The molecular weight excluding hydrogens is 316 g/mol. The number of ether oxygens (including phenoxy) is 1. The highest BCUT2D eigenvalue weighted by Crippen LogP contribution is 2.18. The summed E-state index contributed by atoms with van der Waals surface area (Å²) in [7, 11) is 0. The van der Waals surface area contributed by atoms with Crippen LogP contribution < -0.4 is 10.9 Å². The average Bonchev–Trinajstić information content (AvgIpc) is 2.59. The van der Waals surface area contributed by atoms with Crippen molar-refractivity contribution in [3.63, 3.8) is 0 Å². The second-order valence-electron chi connectivity index (χ2n) is 7.71. The number of aromatic nitrogens is 2. The average molecular weight is 346 g/mol. The maximum Gasteiger partial charge on any atom is 0.267 e. The molecule has 0 bridgehead atoms. The maximum atomic E-state index is 12.4. The van der Waals surface area contributed by atoms with Crippen molar-refractivity contribution in [2.24, 2.45) is 0 Å². The molecule has 2 saturated heterocycles. The maximum absolute atomic E-state index is 12.4. The fourth-order valence-electron chi connectivity index (χ4n) is 4.23. The van der Waals surface area contributed by atoms with Gasteiger partial charge < -0.3 is 10.1 Å². The van der Waals surface area contributed by atoms with E-state index in [-0.39, 0.29) is 5.56 Å². The molecule has 0 aromatic carbocycles. The largest absolute Gasteiger partial charge is 0.378 e. The predicted octanol–water partition coefficient (Wildman–Crippen LogP) is 0.965. The van der Waals surface area contributed by atoms with E-state index in [0.717, 1.165) is 51.4 Å². The molecule has 0 radical (unpaired) electrons. The number of hydrogen-bond donors (Lipinski definition) is 1. The van der Waals surface area contributed by atoms with Crippen molar-refractivity contribution < 1.29 is 4.74 Å². The summed E-state index contributed by atoms with van der Waals surface area (Å²) in [6, 6.07) is 2.93. The van der Waals surface area contributed by atoms with Crippen molar-refractivity contribution >= 4 is 0 Å². The molecule has 1 aliphatic carbocycles. The Hall–Kier alpha value is -1.24. The molecule has 6 heteroatoms. The molecule has 0 spiro atoms. The summed E-state index contributed by atoms with van der Waals surface area (Å²) in [6.07, 6.45) is 8.23. The zero-order valence-electron chi connectivity index (χ0n) is 15.1. The Kier molecular flexibility index (Phi) is 5.48. The molecule has 1 atom stereocenters. The van der Waals surface area contributed by atoms with Crippen molar-refractivity contribution in [1.29, 1.82) is 0 Å². The van der Waals surface area contributed by atoms with E-state index in [1.54, 1.807) is 4.68 Å². The first-order valence-electron chi connectivity index (χ1n) is 9.95. The van der Waals surface area contributed by atoms with E-state index in [4.69, 9.17) is 4.74 Å². The van der Waals surface area contributed by atoms with E-state index in [9.17, 15) is 4.79 Å². The summed E-state index contributed by atoms with van der Waals surface area (Å²) >= 11 is 0. The van der Waals surface area contributed by atoms with Crippen LogP contribution in [0.2, 0.25) is 0 Å². The second kappa shape index (κ2) is 7.98. The van der Waals surface area contributed by atoms with Gasteiger partial charge in [0.15, 0.2) is 0 Å². The van der Waals surface area contributed by atoms with Crippen LogP contribution in [0.15, 0.2) is 10.9 Å². The monoisotopic (exact) mass is 346 g/mol. The van der Waals surface area contributed by atoms with Gasteiger partial charge in [0.1, 0.15) is 0 Å². The fourth-order valence-corrected chi connectivity index (χ4v) is 4.23. The van der Waals surface area contributed by atoms with Crippen LogP contribution in [0.3, 0.4) is 0 Å². The molecule has 3 aliphatic rings. The Balaban J connectivity index is 1.36. The Bertz CT molecular complexity index is 641. The van der Waals surface area contributed by atoms with E-state index < -0.39 is 0 Å². The van der Waals surface area contributed by atoms with Crippen LogP contribution in [-0.4, -0.2) is 59.6 Å². The van der Waals surface area contributed by atoms with Crippen molar-refractivity contribution in [3.8, 4) is 0 Å². The van der Waals surface area contributed by atoms with Crippen LogP contribution in [0.25, 0.3) is 0 Å². The predicted molar refractivity (Wildman–Crippen MR) is 97.0 cm³/mol. The summed E-state index contributed by atoms with van der Waals surface area (Å²) in [5.74, 6) is 0. The SMILES string of the molecule is O=c1cc2c(nn1CCN1CCCCC1CNC1COC1)CCCC2. The number of rotatable bonds is 6. The number of hydrogen-bond acceptors (Lipinski definition) is 5. The standard InChI is InChI=1S/C19H30N4O2/c24-19-11-15-5-1-2-7-18(15)21-23(19)10-9-22-8-4-3-6-17(22)12-20-16-13-25-14-16/h11,16-17,20H,1-10,12-14H2. The number of likely N-dealkylation sites (tertiary alicyclic amines) is 1. The number of aryl methyl sites for hydroxylation is 2. The minimum absolute atomic E-state index is 0.0685. The first kappa shape index (κ1) is 17.2. The van der Waals surface area contributed by atoms with Crippen molar-refractivity contribution in [2.45, 2.75) is 63.6 Å². The van der Waals surface area contributed by atoms with Gasteiger partial charge >= 0.3 is 0 Å². The zero-order chi connectivity index (χ0) is 17.1. The summed E-state index contributed by atoms with van der Waals surface area (Å²) in [5, 5.41) is 8.28. The van der Waals surface area contributed by atoms with Crippen LogP contribution in [0.5, 0.6) is 0 Å². The van der Waals surface area contributed by atoms with Gasteiger partial charge in [0.2, 0.25) is 0 Å². The third-order valence-corrected chi connectivity index (χ3v) is 5.90. The summed E-state index contributed by atoms with van der Waals surface area (Å²) < 4.78 is 6.94. The van der Waals surface area contributed by atoms with Gasteiger partial charge in [-0.2, -0.15) is 5.10 Å². The molecule has 4 rings (SSSR count). The van der Waals surface area contributed by atoms with Crippen LogP contribution in [0.4, 0.5) is 0 Å². The van der Waals surface area contributed by atoms with E-state index in [1.807, 2.05) is 6.07 Å². The Morgan fingerprint density at radius 2 is 2.04 bits per heavy atom. The van der Waals surface area contributed by atoms with Crippen LogP contribution in [-0.2, 0) is 24.1 Å². The van der Waals surface area contributed by atoms with Crippen LogP contribution in [0, 0.1) is 0 Å². The smallest absolute Gasteiger partial charge is 0.267 e. The van der Waals surface area contributed by atoms with E-state index in [0.29, 0.717) is 18.6 Å². The van der Waals surface area contributed by atoms with Gasteiger partial charge in [0.05, 0.1) is 31.5 Å². The Labute approximate surface area is 149 Å². The molecule has 1 N–H and O–H groups in total. The first-order valence-corrected chi connectivity index (χ1v) is 9.95. The molecular formula is C19H30N4O2. The molecule has 2 aliphatic heterocycles. The molecule has 138 valence electrons. The second-order valence-corrected chi connectivity index (χ2v) is 7.71. The third kappa shape index (κ3) is 4.13. The number of nitrogens with one attached hydrogen (secondary N) is 1. The normalized spacial score (nSPS) is 24.7. The molecule has 6 nitrogen and oxygen atoms in total. The van der Waals surface area contributed by atoms with Crippen molar-refractivity contribution in [3.05, 3.63) is 27.7 Å². The lowest BCUT2D eigenvalue weighted by atomic mass is 9.97. The van der Waals surface area contributed by atoms with Gasteiger partial charge in [-0.15, -0.1) is 0 Å². The lowest BCUT2D eigenvalue weighted by Crippen LogP contribution is -2.53. The Morgan fingerprint density at radius 3 is 2.88 bits per heavy atom. The van der Waals surface area contributed by atoms with E-state index in [1.165, 1.54) is 37.7 Å². The van der Waals surface area contributed by atoms with Gasteiger partial charge in [0, 0.05) is 25.2 Å². The highest BCUT2D eigenvalue weighted by Gasteiger charge is 2.25. The lowest BCUT2D eigenvalue weighted by molar-refractivity contribution is -0.00922. The highest BCUT2D eigenvalue weighted by molar-refractivity contribution is 5.20. The molecule has 25 heavy (non-hydrogen) atoms. The van der Waals surface area contributed by atoms with Crippen molar-refractivity contribution in [2.75, 3.05) is 32.8 Å². The molecule has 1 aromatic heterocycles. The lowest BCUT2D eigenvalue weighted by Gasteiger charge is -2.38. The number of piperidine rings is 1. The van der Waals surface area contributed by atoms with Gasteiger partial charge in [-0.05, 0) is 50.6 Å². The third-order valence-electron chi connectivity index (χ3n) is 5.90. The minimum Gasteiger partial charge on any atom is -0.378 e. The molecule has 0 saturated carbocycles. The molecule has 0 amide bonds. The minimum atomic E-state index is 0.0685. The van der Waals surface area contributed by atoms with Gasteiger partial charge in [0.25, 0.3) is 5.56 Å². The first-order chi connectivity index (χ1) is 12.3. The summed E-state index contributed by atoms with van der Waals surface area (Å²) in [5.41, 5.74) is 2.39. The molecule has 2 fully saturated rings. The molecule has 3 heterocycles. The summed E-state index contributed by atoms with van der Waals surface area (Å²) in [4.78, 5) is 14.9. The molecule has 1 aromatic rings. The topological polar surface area (TPSA) is 59.4 Å². The zero-order valence-corrected chi connectivity index (χ0v) is 15.1. The van der Waals surface area contributed by atoms with Gasteiger partial charge in [-0.1, -0.05) is 6.42 Å². The number of nitrogens with zero attached hydrogens (tertiary/aromatic N) is 3. The number of fused-ring (bicyclic) bond motifs is 1. The van der Waals surface area contributed by atoms with Gasteiger partial charge in [-0.25, -0.2) is 4.68 Å². The summed E-state index contributed by atoms with van der Waals surface area (Å²) in [6.45, 7) is 5.48. The van der Waals surface area contributed by atoms with E-state index in [2.05, 4.69) is 15.3 Å².